The lowest BCUT2D eigenvalue weighted by Gasteiger charge is -2.22. The van der Waals surface area contributed by atoms with E-state index in [0.29, 0.717) is 11.9 Å². The second kappa shape index (κ2) is 6.11. The van der Waals surface area contributed by atoms with E-state index < -0.39 is 0 Å². The van der Waals surface area contributed by atoms with E-state index in [2.05, 4.69) is 22.1 Å². The van der Waals surface area contributed by atoms with Crippen LogP contribution in [0.1, 0.15) is 18.4 Å². The van der Waals surface area contributed by atoms with Crippen LogP contribution in [0.5, 0.6) is 5.88 Å². The van der Waals surface area contributed by atoms with E-state index in [1.54, 1.807) is 13.3 Å². The normalized spacial score (nSPS) is 17.3. The number of hydrogen-bond donors (Lipinski definition) is 1. The minimum absolute atomic E-state index is 0.681. The van der Waals surface area contributed by atoms with Crippen LogP contribution in [0.2, 0.25) is 0 Å². The fraction of sp³-hybridized carbons (Fsp3) is 0.583. The molecule has 0 atom stereocenters. The third-order valence-electron chi connectivity index (χ3n) is 2.82. The highest BCUT2D eigenvalue weighted by atomic mass is 32.2. The molecular formula is C12H18N2OS. The van der Waals surface area contributed by atoms with Gasteiger partial charge in [-0.1, -0.05) is 0 Å². The number of nitrogens with one attached hydrogen (secondary N) is 1. The topological polar surface area (TPSA) is 34.1 Å². The average Bonchev–Trinajstić information content (AvgIpc) is 2.38. The van der Waals surface area contributed by atoms with Crippen LogP contribution in [0, 0.1) is 0 Å². The number of methoxy groups -OCH3 is 1. The lowest BCUT2D eigenvalue weighted by atomic mass is 10.1. The van der Waals surface area contributed by atoms with Gasteiger partial charge in [-0.15, -0.1) is 0 Å². The fourth-order valence-corrected chi connectivity index (χ4v) is 2.94. The first-order chi connectivity index (χ1) is 7.88. The molecule has 0 bridgehead atoms. The molecule has 0 saturated carbocycles. The van der Waals surface area contributed by atoms with E-state index in [1.165, 1.54) is 29.9 Å². The Morgan fingerprint density at radius 1 is 1.50 bits per heavy atom. The van der Waals surface area contributed by atoms with Crippen LogP contribution in [0.25, 0.3) is 0 Å². The maximum absolute atomic E-state index is 5.10. The van der Waals surface area contributed by atoms with Crippen LogP contribution in [0.3, 0.4) is 0 Å². The molecule has 2 heterocycles. The number of thioether (sulfide) groups is 1. The molecule has 1 aliphatic heterocycles. The minimum Gasteiger partial charge on any atom is -0.481 e. The second-order valence-corrected chi connectivity index (χ2v) is 5.20. The molecule has 0 radical (unpaired) electrons. The van der Waals surface area contributed by atoms with E-state index in [-0.39, 0.29) is 0 Å². The molecule has 1 aromatic rings. The summed E-state index contributed by atoms with van der Waals surface area (Å²) in [6, 6.07) is 4.71. The number of rotatable bonds is 4. The molecule has 0 aliphatic carbocycles. The third-order valence-corrected chi connectivity index (χ3v) is 3.87. The first kappa shape index (κ1) is 11.7. The van der Waals surface area contributed by atoms with Gasteiger partial charge < -0.3 is 10.1 Å². The third kappa shape index (κ3) is 3.39. The first-order valence-electron chi connectivity index (χ1n) is 5.68. The van der Waals surface area contributed by atoms with Crippen LogP contribution < -0.4 is 10.1 Å². The molecule has 0 amide bonds. The summed E-state index contributed by atoms with van der Waals surface area (Å²) in [5.41, 5.74) is 1.24. The van der Waals surface area contributed by atoms with E-state index in [4.69, 9.17) is 4.74 Å². The standard InChI is InChI=1S/C12H18N2OS/c1-15-12-8-10(2-5-13-12)9-14-11-3-6-16-7-4-11/h2,5,8,11,14H,3-4,6-7,9H2,1H3. The second-order valence-electron chi connectivity index (χ2n) is 3.97. The van der Waals surface area contributed by atoms with Crippen LogP contribution in [-0.2, 0) is 6.54 Å². The number of pyridine rings is 1. The summed E-state index contributed by atoms with van der Waals surface area (Å²) >= 11 is 2.06. The molecule has 4 heteroatoms. The van der Waals surface area contributed by atoms with Gasteiger partial charge >= 0.3 is 0 Å². The Balaban J connectivity index is 1.83. The molecule has 1 saturated heterocycles. The highest BCUT2D eigenvalue weighted by Crippen LogP contribution is 2.17. The zero-order valence-electron chi connectivity index (χ0n) is 9.61. The fourth-order valence-electron chi connectivity index (χ4n) is 1.84. The van der Waals surface area contributed by atoms with Crippen LogP contribution in [0.4, 0.5) is 0 Å². The van der Waals surface area contributed by atoms with Crippen molar-refractivity contribution in [1.82, 2.24) is 10.3 Å². The van der Waals surface area contributed by atoms with Gasteiger partial charge in [-0.05, 0) is 36.0 Å². The number of aromatic nitrogens is 1. The lowest BCUT2D eigenvalue weighted by molar-refractivity contribution is 0.396. The van der Waals surface area contributed by atoms with E-state index in [0.717, 1.165) is 6.54 Å². The van der Waals surface area contributed by atoms with Crippen molar-refractivity contribution < 1.29 is 4.74 Å². The van der Waals surface area contributed by atoms with Gasteiger partial charge in [-0.25, -0.2) is 4.98 Å². The summed E-state index contributed by atoms with van der Waals surface area (Å²) in [6.45, 7) is 0.911. The predicted molar refractivity (Wildman–Crippen MR) is 68.0 cm³/mol. The summed E-state index contributed by atoms with van der Waals surface area (Å²) in [5, 5.41) is 3.59. The first-order valence-corrected chi connectivity index (χ1v) is 6.84. The van der Waals surface area contributed by atoms with Crippen LogP contribution in [-0.4, -0.2) is 29.6 Å². The smallest absolute Gasteiger partial charge is 0.213 e. The van der Waals surface area contributed by atoms with Crippen molar-refractivity contribution in [2.45, 2.75) is 25.4 Å². The van der Waals surface area contributed by atoms with Crippen molar-refractivity contribution >= 4 is 11.8 Å². The van der Waals surface area contributed by atoms with Crippen LogP contribution >= 0.6 is 11.8 Å². The summed E-state index contributed by atoms with van der Waals surface area (Å²) in [4.78, 5) is 4.10. The van der Waals surface area contributed by atoms with E-state index in [9.17, 15) is 0 Å². The maximum atomic E-state index is 5.10. The minimum atomic E-state index is 0.681. The van der Waals surface area contributed by atoms with Crippen molar-refractivity contribution in [1.29, 1.82) is 0 Å². The van der Waals surface area contributed by atoms with Gasteiger partial charge in [0.05, 0.1) is 7.11 Å². The Labute approximate surface area is 101 Å². The highest BCUT2D eigenvalue weighted by Gasteiger charge is 2.12. The van der Waals surface area contributed by atoms with Gasteiger partial charge in [-0.2, -0.15) is 11.8 Å². The van der Waals surface area contributed by atoms with Crippen molar-refractivity contribution in [3.8, 4) is 5.88 Å². The molecule has 1 N–H and O–H groups in total. The van der Waals surface area contributed by atoms with Gasteiger partial charge in [0.25, 0.3) is 0 Å². The molecule has 0 unspecified atom stereocenters. The summed E-state index contributed by atoms with van der Waals surface area (Å²) < 4.78 is 5.10. The van der Waals surface area contributed by atoms with Crippen molar-refractivity contribution in [2.75, 3.05) is 18.6 Å². The van der Waals surface area contributed by atoms with Crippen LogP contribution in [0.15, 0.2) is 18.3 Å². The SMILES string of the molecule is COc1cc(CNC2CCSCC2)ccn1. The van der Waals surface area contributed by atoms with E-state index in [1.807, 2.05) is 12.1 Å². The number of ether oxygens (including phenoxy) is 1. The molecule has 1 aromatic heterocycles. The molecule has 2 rings (SSSR count). The quantitative estimate of drug-likeness (QED) is 0.871. The molecule has 1 fully saturated rings. The molecule has 16 heavy (non-hydrogen) atoms. The Kier molecular flexibility index (Phi) is 4.48. The molecule has 0 aromatic carbocycles. The summed E-state index contributed by atoms with van der Waals surface area (Å²) in [6.07, 6.45) is 4.37. The van der Waals surface area contributed by atoms with Gasteiger partial charge in [0.1, 0.15) is 0 Å². The van der Waals surface area contributed by atoms with Crippen molar-refractivity contribution in [2.24, 2.45) is 0 Å². The van der Waals surface area contributed by atoms with Gasteiger partial charge in [0, 0.05) is 24.8 Å². The monoisotopic (exact) mass is 238 g/mol. The Morgan fingerprint density at radius 3 is 3.06 bits per heavy atom. The number of hydrogen-bond acceptors (Lipinski definition) is 4. The molecule has 88 valence electrons. The Bertz CT molecular complexity index is 327. The Morgan fingerprint density at radius 2 is 2.31 bits per heavy atom. The van der Waals surface area contributed by atoms with Crippen molar-refractivity contribution in [3.05, 3.63) is 23.9 Å². The van der Waals surface area contributed by atoms with Gasteiger partial charge in [0.2, 0.25) is 5.88 Å². The van der Waals surface area contributed by atoms with Gasteiger partial charge in [0.15, 0.2) is 0 Å². The lowest BCUT2D eigenvalue weighted by Crippen LogP contribution is -2.32. The highest BCUT2D eigenvalue weighted by molar-refractivity contribution is 7.99. The predicted octanol–water partition coefficient (Wildman–Crippen LogP) is 2.08. The molecule has 3 nitrogen and oxygen atoms in total. The van der Waals surface area contributed by atoms with E-state index >= 15 is 0 Å². The van der Waals surface area contributed by atoms with Gasteiger partial charge in [-0.3, -0.25) is 0 Å². The van der Waals surface area contributed by atoms with Crippen molar-refractivity contribution in [3.63, 3.8) is 0 Å². The maximum Gasteiger partial charge on any atom is 0.213 e. The molecule has 0 spiro atoms. The summed E-state index contributed by atoms with van der Waals surface area (Å²) in [7, 11) is 1.65. The zero-order chi connectivity index (χ0) is 11.2. The number of nitrogens with zero attached hydrogens (tertiary/aromatic N) is 1. The summed E-state index contributed by atoms with van der Waals surface area (Å²) in [5.74, 6) is 3.27. The molecular weight excluding hydrogens is 220 g/mol. The zero-order valence-corrected chi connectivity index (χ0v) is 10.4. The largest absolute Gasteiger partial charge is 0.481 e. The molecule has 1 aliphatic rings. The average molecular weight is 238 g/mol. The Hall–Kier alpha value is -0.740.